The highest BCUT2D eigenvalue weighted by Crippen LogP contribution is 2.17. The van der Waals surface area contributed by atoms with Crippen LogP contribution in [0.3, 0.4) is 0 Å². The van der Waals surface area contributed by atoms with Crippen LogP contribution < -0.4 is 10.1 Å². The fourth-order valence-corrected chi connectivity index (χ4v) is 1.93. The zero-order valence-electron chi connectivity index (χ0n) is 12.8. The van der Waals surface area contributed by atoms with E-state index in [0.29, 0.717) is 23.4 Å². The van der Waals surface area contributed by atoms with E-state index in [9.17, 15) is 5.11 Å². The summed E-state index contributed by atoms with van der Waals surface area (Å²) < 4.78 is 10.9. The SMILES string of the molecule is CC(C)OCCCCNCC(O)COc1cccc(Cl)c1. The number of aliphatic hydroxyl groups is 1. The first kappa shape index (κ1) is 18.2. The van der Waals surface area contributed by atoms with Gasteiger partial charge >= 0.3 is 0 Å². The first-order valence-corrected chi connectivity index (χ1v) is 7.84. The summed E-state index contributed by atoms with van der Waals surface area (Å²) in [5, 5.41) is 13.6. The van der Waals surface area contributed by atoms with E-state index in [2.05, 4.69) is 5.32 Å². The van der Waals surface area contributed by atoms with Gasteiger partial charge in [0.2, 0.25) is 0 Å². The van der Waals surface area contributed by atoms with Gasteiger partial charge < -0.3 is 19.9 Å². The van der Waals surface area contributed by atoms with E-state index < -0.39 is 6.10 Å². The summed E-state index contributed by atoms with van der Waals surface area (Å²) in [6.45, 7) is 6.51. The summed E-state index contributed by atoms with van der Waals surface area (Å²) in [7, 11) is 0. The molecule has 0 heterocycles. The third-order valence-corrected chi connectivity index (χ3v) is 3.05. The van der Waals surface area contributed by atoms with Crippen molar-refractivity contribution in [2.24, 2.45) is 0 Å². The molecule has 4 nitrogen and oxygen atoms in total. The molecule has 1 unspecified atom stereocenters. The summed E-state index contributed by atoms with van der Waals surface area (Å²) in [6, 6.07) is 7.16. The number of aliphatic hydroxyl groups excluding tert-OH is 1. The summed E-state index contributed by atoms with van der Waals surface area (Å²) in [5.41, 5.74) is 0. The Morgan fingerprint density at radius 2 is 2.10 bits per heavy atom. The number of halogens is 1. The molecule has 120 valence electrons. The molecule has 0 amide bonds. The second-order valence-electron chi connectivity index (χ2n) is 5.25. The van der Waals surface area contributed by atoms with Crippen LogP contribution in [-0.4, -0.2) is 43.6 Å². The van der Waals surface area contributed by atoms with Gasteiger partial charge in [0.1, 0.15) is 18.5 Å². The van der Waals surface area contributed by atoms with E-state index in [1.807, 2.05) is 26.0 Å². The van der Waals surface area contributed by atoms with E-state index in [-0.39, 0.29) is 6.61 Å². The summed E-state index contributed by atoms with van der Waals surface area (Å²) in [5.74, 6) is 0.674. The minimum absolute atomic E-state index is 0.254. The lowest BCUT2D eigenvalue weighted by molar-refractivity contribution is 0.0755. The topological polar surface area (TPSA) is 50.7 Å². The van der Waals surface area contributed by atoms with E-state index in [4.69, 9.17) is 21.1 Å². The van der Waals surface area contributed by atoms with Crippen molar-refractivity contribution in [3.05, 3.63) is 29.3 Å². The highest BCUT2D eigenvalue weighted by atomic mass is 35.5. The standard InChI is InChI=1S/C16H26ClNO3/c1-13(2)20-9-4-3-8-18-11-15(19)12-21-16-7-5-6-14(17)10-16/h5-7,10,13,15,18-19H,3-4,8-9,11-12H2,1-2H3. The molecule has 1 atom stereocenters. The number of nitrogens with one attached hydrogen (secondary N) is 1. The van der Waals surface area contributed by atoms with Gasteiger partial charge in [-0.2, -0.15) is 0 Å². The molecular weight excluding hydrogens is 290 g/mol. The van der Waals surface area contributed by atoms with E-state index in [1.165, 1.54) is 0 Å². The second kappa shape index (κ2) is 10.9. The van der Waals surface area contributed by atoms with Gasteiger partial charge in [0.15, 0.2) is 0 Å². The van der Waals surface area contributed by atoms with E-state index >= 15 is 0 Å². The van der Waals surface area contributed by atoms with Crippen molar-refractivity contribution < 1.29 is 14.6 Å². The largest absolute Gasteiger partial charge is 0.491 e. The molecule has 0 saturated carbocycles. The molecule has 0 aliphatic rings. The Morgan fingerprint density at radius 1 is 1.29 bits per heavy atom. The van der Waals surface area contributed by atoms with Gasteiger partial charge in [-0.3, -0.25) is 0 Å². The third kappa shape index (κ3) is 9.69. The number of hydrogen-bond donors (Lipinski definition) is 2. The van der Waals surface area contributed by atoms with Crippen molar-refractivity contribution in [2.75, 3.05) is 26.3 Å². The molecule has 0 saturated heterocycles. The molecular formula is C16H26ClNO3. The van der Waals surface area contributed by atoms with Gasteiger partial charge in [-0.15, -0.1) is 0 Å². The van der Waals surface area contributed by atoms with Gasteiger partial charge in [-0.1, -0.05) is 17.7 Å². The normalized spacial score (nSPS) is 12.6. The van der Waals surface area contributed by atoms with Crippen LogP contribution in [-0.2, 0) is 4.74 Å². The van der Waals surface area contributed by atoms with Crippen LogP contribution in [0.1, 0.15) is 26.7 Å². The lowest BCUT2D eigenvalue weighted by atomic mass is 10.3. The monoisotopic (exact) mass is 315 g/mol. The smallest absolute Gasteiger partial charge is 0.120 e. The molecule has 0 radical (unpaired) electrons. The fourth-order valence-electron chi connectivity index (χ4n) is 1.75. The van der Waals surface area contributed by atoms with Gasteiger partial charge in [0.05, 0.1) is 6.10 Å². The number of unbranched alkanes of at least 4 members (excludes halogenated alkanes) is 1. The van der Waals surface area contributed by atoms with Crippen molar-refractivity contribution in [3.63, 3.8) is 0 Å². The minimum atomic E-state index is -0.532. The quantitative estimate of drug-likeness (QED) is 0.617. The molecule has 0 aliphatic heterocycles. The minimum Gasteiger partial charge on any atom is -0.491 e. The number of ether oxygens (including phenoxy) is 2. The molecule has 0 spiro atoms. The lowest BCUT2D eigenvalue weighted by Gasteiger charge is -2.13. The zero-order chi connectivity index (χ0) is 15.5. The fraction of sp³-hybridized carbons (Fsp3) is 0.625. The first-order valence-electron chi connectivity index (χ1n) is 7.46. The van der Waals surface area contributed by atoms with Crippen LogP contribution in [0.2, 0.25) is 5.02 Å². The number of benzene rings is 1. The summed E-state index contributed by atoms with van der Waals surface area (Å²) in [4.78, 5) is 0. The van der Waals surface area contributed by atoms with Crippen molar-refractivity contribution in [2.45, 2.75) is 38.9 Å². The Bertz CT molecular complexity index is 388. The molecule has 21 heavy (non-hydrogen) atoms. The molecule has 2 N–H and O–H groups in total. The average molecular weight is 316 g/mol. The Hall–Kier alpha value is -0.810. The van der Waals surface area contributed by atoms with Crippen LogP contribution in [0, 0.1) is 0 Å². The maximum absolute atomic E-state index is 9.81. The summed E-state index contributed by atoms with van der Waals surface area (Å²) >= 11 is 5.86. The van der Waals surface area contributed by atoms with Crippen molar-refractivity contribution in [3.8, 4) is 5.75 Å². The molecule has 5 heteroatoms. The van der Waals surface area contributed by atoms with E-state index in [1.54, 1.807) is 12.1 Å². The van der Waals surface area contributed by atoms with Crippen molar-refractivity contribution in [1.82, 2.24) is 5.32 Å². The maximum Gasteiger partial charge on any atom is 0.120 e. The van der Waals surface area contributed by atoms with Gasteiger partial charge in [0, 0.05) is 18.2 Å². The summed E-state index contributed by atoms with van der Waals surface area (Å²) in [6.07, 6.45) is 1.83. The molecule has 1 aromatic carbocycles. The highest BCUT2D eigenvalue weighted by molar-refractivity contribution is 6.30. The molecule has 0 aliphatic carbocycles. The Balaban J connectivity index is 2.00. The van der Waals surface area contributed by atoms with Gasteiger partial charge in [0.25, 0.3) is 0 Å². The first-order chi connectivity index (χ1) is 10.1. The molecule has 0 fully saturated rings. The van der Waals surface area contributed by atoms with Crippen LogP contribution >= 0.6 is 11.6 Å². The van der Waals surface area contributed by atoms with Gasteiger partial charge in [-0.25, -0.2) is 0 Å². The number of rotatable bonds is 11. The Labute approximate surface area is 132 Å². The zero-order valence-corrected chi connectivity index (χ0v) is 13.6. The van der Waals surface area contributed by atoms with Crippen molar-refractivity contribution >= 4 is 11.6 Å². The highest BCUT2D eigenvalue weighted by Gasteiger charge is 2.05. The molecule has 1 rings (SSSR count). The third-order valence-electron chi connectivity index (χ3n) is 2.82. The van der Waals surface area contributed by atoms with Gasteiger partial charge in [-0.05, 0) is 51.4 Å². The lowest BCUT2D eigenvalue weighted by Crippen LogP contribution is -2.32. The van der Waals surface area contributed by atoms with Crippen LogP contribution in [0.4, 0.5) is 0 Å². The predicted molar refractivity (Wildman–Crippen MR) is 86.1 cm³/mol. The number of hydrogen-bond acceptors (Lipinski definition) is 4. The predicted octanol–water partition coefficient (Wildman–Crippen LogP) is 2.87. The molecule has 0 bridgehead atoms. The van der Waals surface area contributed by atoms with Crippen LogP contribution in [0.5, 0.6) is 5.75 Å². The Kier molecular flexibility index (Phi) is 9.42. The maximum atomic E-state index is 9.81. The molecule has 1 aromatic rings. The Morgan fingerprint density at radius 3 is 2.81 bits per heavy atom. The van der Waals surface area contributed by atoms with Crippen LogP contribution in [0.15, 0.2) is 24.3 Å². The second-order valence-corrected chi connectivity index (χ2v) is 5.69. The average Bonchev–Trinajstić information content (AvgIpc) is 2.44. The van der Waals surface area contributed by atoms with Crippen LogP contribution in [0.25, 0.3) is 0 Å². The molecule has 0 aromatic heterocycles. The van der Waals surface area contributed by atoms with E-state index in [0.717, 1.165) is 26.0 Å². The van der Waals surface area contributed by atoms with Crippen molar-refractivity contribution in [1.29, 1.82) is 0 Å².